The molecule has 5 heteroatoms. The maximum Gasteiger partial charge on any atom is 0.225 e. The van der Waals surface area contributed by atoms with Gasteiger partial charge in [-0.25, -0.2) is 9.97 Å². The second kappa shape index (κ2) is 8.63. The van der Waals surface area contributed by atoms with Crippen LogP contribution in [0, 0.1) is 13.8 Å². The first-order valence-electron chi connectivity index (χ1n) is 8.50. The van der Waals surface area contributed by atoms with Gasteiger partial charge >= 0.3 is 0 Å². The second-order valence-corrected chi connectivity index (χ2v) is 7.12. The van der Waals surface area contributed by atoms with Crippen molar-refractivity contribution < 1.29 is 4.79 Å². The molecule has 1 N–H and O–H groups in total. The highest BCUT2D eigenvalue weighted by molar-refractivity contribution is 7.99. The minimum absolute atomic E-state index is 0.0172. The average molecular weight is 363 g/mol. The largest absolute Gasteiger partial charge is 0.326 e. The van der Waals surface area contributed by atoms with Crippen LogP contribution in [0.25, 0.3) is 11.3 Å². The molecular formula is C21H21N3OS. The Morgan fingerprint density at radius 3 is 2.65 bits per heavy atom. The molecule has 0 aliphatic rings. The van der Waals surface area contributed by atoms with E-state index in [1.807, 2.05) is 68.4 Å². The van der Waals surface area contributed by atoms with E-state index in [0.717, 1.165) is 27.5 Å². The van der Waals surface area contributed by atoms with Crippen LogP contribution in [-0.2, 0) is 4.79 Å². The normalized spacial score (nSPS) is 10.5. The summed E-state index contributed by atoms with van der Waals surface area (Å²) in [4.78, 5) is 20.8. The van der Waals surface area contributed by atoms with Crippen LogP contribution >= 0.6 is 11.8 Å². The van der Waals surface area contributed by atoms with Gasteiger partial charge in [-0.05, 0) is 37.1 Å². The van der Waals surface area contributed by atoms with Crippen LogP contribution in [0.2, 0.25) is 0 Å². The van der Waals surface area contributed by atoms with E-state index >= 15 is 0 Å². The van der Waals surface area contributed by atoms with E-state index < -0.39 is 0 Å². The number of hydrogen-bond donors (Lipinski definition) is 1. The molecule has 0 radical (unpaired) electrons. The smallest absolute Gasteiger partial charge is 0.225 e. The highest BCUT2D eigenvalue weighted by Crippen LogP contribution is 2.23. The van der Waals surface area contributed by atoms with Gasteiger partial charge in [-0.1, -0.05) is 42.5 Å². The molecule has 1 amide bonds. The van der Waals surface area contributed by atoms with Crippen LogP contribution in [0.5, 0.6) is 0 Å². The Bertz CT molecular complexity index is 897. The summed E-state index contributed by atoms with van der Waals surface area (Å²) in [5.74, 6) is 0.686. The highest BCUT2D eigenvalue weighted by Gasteiger charge is 2.07. The molecule has 0 atom stereocenters. The lowest BCUT2D eigenvalue weighted by Gasteiger charge is -2.10. The molecule has 0 spiro atoms. The third-order valence-corrected chi connectivity index (χ3v) is 5.10. The fraction of sp³-hybridized carbons (Fsp3) is 0.190. The highest BCUT2D eigenvalue weighted by atomic mass is 32.2. The summed E-state index contributed by atoms with van der Waals surface area (Å²) in [5, 5.41) is 3.86. The van der Waals surface area contributed by atoms with Gasteiger partial charge in [-0.15, -0.1) is 11.8 Å². The van der Waals surface area contributed by atoms with Crippen LogP contribution in [-0.4, -0.2) is 21.6 Å². The summed E-state index contributed by atoms with van der Waals surface area (Å²) in [7, 11) is 0. The number of benzene rings is 2. The minimum atomic E-state index is 0.0172. The minimum Gasteiger partial charge on any atom is -0.326 e. The first kappa shape index (κ1) is 18.1. The van der Waals surface area contributed by atoms with E-state index in [2.05, 4.69) is 15.3 Å². The Labute approximate surface area is 158 Å². The molecule has 2 aromatic carbocycles. The fourth-order valence-corrected chi connectivity index (χ4v) is 3.35. The number of rotatable bonds is 6. The zero-order valence-corrected chi connectivity index (χ0v) is 15.7. The van der Waals surface area contributed by atoms with E-state index in [9.17, 15) is 4.79 Å². The van der Waals surface area contributed by atoms with Crippen molar-refractivity contribution in [2.24, 2.45) is 0 Å². The Balaban J connectivity index is 1.55. The Morgan fingerprint density at radius 1 is 1.04 bits per heavy atom. The number of nitrogens with one attached hydrogen (secondary N) is 1. The van der Waals surface area contributed by atoms with Crippen LogP contribution in [0.1, 0.15) is 17.5 Å². The second-order valence-electron chi connectivity index (χ2n) is 6.00. The zero-order valence-electron chi connectivity index (χ0n) is 14.9. The number of hydrogen-bond acceptors (Lipinski definition) is 4. The summed E-state index contributed by atoms with van der Waals surface area (Å²) < 4.78 is 0. The fourth-order valence-electron chi connectivity index (χ4n) is 2.53. The lowest BCUT2D eigenvalue weighted by molar-refractivity contribution is -0.115. The monoisotopic (exact) mass is 363 g/mol. The summed E-state index contributed by atoms with van der Waals surface area (Å²) in [5.41, 5.74) is 5.11. The topological polar surface area (TPSA) is 54.9 Å². The SMILES string of the molecule is Cc1cccc(NC(=O)CCSc2cc(-c3ccccc3)ncn2)c1C. The molecule has 3 rings (SSSR count). The van der Waals surface area contributed by atoms with Crippen molar-refractivity contribution in [3.05, 3.63) is 72.1 Å². The molecule has 1 aromatic heterocycles. The van der Waals surface area contributed by atoms with Gasteiger partial charge in [0.2, 0.25) is 5.91 Å². The van der Waals surface area contributed by atoms with Gasteiger partial charge in [-0.3, -0.25) is 4.79 Å². The molecule has 1 heterocycles. The first-order valence-corrected chi connectivity index (χ1v) is 9.48. The molecule has 0 fully saturated rings. The molecule has 0 saturated carbocycles. The maximum absolute atomic E-state index is 12.2. The number of nitrogens with zero attached hydrogens (tertiary/aromatic N) is 2. The molecule has 26 heavy (non-hydrogen) atoms. The predicted octanol–water partition coefficient (Wildman–Crippen LogP) is 4.88. The predicted molar refractivity (Wildman–Crippen MR) is 107 cm³/mol. The molecular weight excluding hydrogens is 342 g/mol. The zero-order chi connectivity index (χ0) is 18.4. The van der Waals surface area contributed by atoms with Crippen LogP contribution in [0.4, 0.5) is 5.69 Å². The van der Waals surface area contributed by atoms with E-state index in [4.69, 9.17) is 0 Å². The van der Waals surface area contributed by atoms with Gasteiger partial charge in [0.1, 0.15) is 6.33 Å². The summed E-state index contributed by atoms with van der Waals surface area (Å²) >= 11 is 1.56. The number of carbonyl (C=O) groups is 1. The van der Waals surface area contributed by atoms with E-state index in [1.165, 1.54) is 5.56 Å². The Hall–Kier alpha value is -2.66. The summed E-state index contributed by atoms with van der Waals surface area (Å²) in [6.07, 6.45) is 2.00. The standard InChI is InChI=1S/C21H21N3OS/c1-15-7-6-10-18(16(15)2)24-20(25)11-12-26-21-13-19(22-14-23-21)17-8-4-3-5-9-17/h3-10,13-14H,11-12H2,1-2H3,(H,24,25). The van der Waals surface area contributed by atoms with Crippen molar-refractivity contribution in [1.29, 1.82) is 0 Å². The van der Waals surface area contributed by atoms with E-state index in [1.54, 1.807) is 18.1 Å². The first-order chi connectivity index (χ1) is 12.6. The van der Waals surface area contributed by atoms with Gasteiger partial charge in [-0.2, -0.15) is 0 Å². The van der Waals surface area contributed by atoms with Crippen LogP contribution in [0.15, 0.2) is 66.0 Å². The molecule has 0 saturated heterocycles. The number of carbonyl (C=O) groups excluding carboxylic acids is 1. The lowest BCUT2D eigenvalue weighted by Crippen LogP contribution is -2.13. The van der Waals surface area contributed by atoms with Crippen molar-refractivity contribution >= 4 is 23.4 Å². The number of aromatic nitrogens is 2. The van der Waals surface area contributed by atoms with Crippen molar-refractivity contribution in [3.63, 3.8) is 0 Å². The molecule has 132 valence electrons. The Kier molecular flexibility index (Phi) is 6.02. The maximum atomic E-state index is 12.2. The van der Waals surface area contributed by atoms with Gasteiger partial charge in [0.15, 0.2) is 0 Å². The molecule has 0 aliphatic heterocycles. The van der Waals surface area contributed by atoms with Crippen molar-refractivity contribution in [3.8, 4) is 11.3 Å². The van der Waals surface area contributed by atoms with Crippen molar-refractivity contribution in [2.75, 3.05) is 11.1 Å². The number of anilines is 1. The molecule has 4 nitrogen and oxygen atoms in total. The number of aryl methyl sites for hydroxylation is 1. The summed E-state index contributed by atoms with van der Waals surface area (Å²) in [6, 6.07) is 17.9. The van der Waals surface area contributed by atoms with Gasteiger partial charge in [0.05, 0.1) is 10.7 Å². The lowest BCUT2D eigenvalue weighted by atomic mass is 10.1. The third kappa shape index (κ3) is 4.70. The molecule has 3 aromatic rings. The number of amides is 1. The van der Waals surface area contributed by atoms with Gasteiger partial charge < -0.3 is 5.32 Å². The van der Waals surface area contributed by atoms with Crippen LogP contribution in [0.3, 0.4) is 0 Å². The molecule has 0 aliphatic carbocycles. The van der Waals surface area contributed by atoms with Crippen molar-refractivity contribution in [1.82, 2.24) is 9.97 Å². The van der Waals surface area contributed by atoms with Gasteiger partial charge in [0.25, 0.3) is 0 Å². The van der Waals surface area contributed by atoms with Crippen LogP contribution < -0.4 is 5.32 Å². The third-order valence-electron chi connectivity index (χ3n) is 4.17. The van der Waals surface area contributed by atoms with E-state index in [-0.39, 0.29) is 5.91 Å². The van der Waals surface area contributed by atoms with Crippen molar-refractivity contribution in [2.45, 2.75) is 25.3 Å². The van der Waals surface area contributed by atoms with E-state index in [0.29, 0.717) is 12.2 Å². The Morgan fingerprint density at radius 2 is 1.85 bits per heavy atom. The molecule has 0 unspecified atom stereocenters. The summed E-state index contributed by atoms with van der Waals surface area (Å²) in [6.45, 7) is 4.06. The number of thioether (sulfide) groups is 1. The van der Waals surface area contributed by atoms with Gasteiger partial charge in [0, 0.05) is 23.4 Å². The quantitative estimate of drug-likeness (QED) is 0.501. The molecule has 0 bridgehead atoms. The average Bonchev–Trinajstić information content (AvgIpc) is 2.66.